The third-order valence-electron chi connectivity index (χ3n) is 8.01. The molecule has 0 unspecified atom stereocenters. The Balaban J connectivity index is 1.78. The van der Waals surface area contributed by atoms with Crippen LogP contribution in [0.25, 0.3) is 0 Å². The maximum Gasteiger partial charge on any atom is 0.0431 e. The fraction of sp³-hybridized carbons (Fsp3) is 1.00. The van der Waals surface area contributed by atoms with Crippen molar-refractivity contribution >= 4 is 0 Å². The van der Waals surface area contributed by atoms with Crippen molar-refractivity contribution in [3.63, 3.8) is 0 Å². The molecule has 1 aliphatic carbocycles. The molecule has 2 nitrogen and oxygen atoms in total. The van der Waals surface area contributed by atoms with E-state index in [1.807, 2.05) is 0 Å². The fourth-order valence-electron chi connectivity index (χ4n) is 5.73. The summed E-state index contributed by atoms with van der Waals surface area (Å²) in [6.45, 7) is 0.743. The van der Waals surface area contributed by atoms with Gasteiger partial charge in [0.15, 0.2) is 0 Å². The summed E-state index contributed by atoms with van der Waals surface area (Å²) in [5.41, 5.74) is 0. The van der Waals surface area contributed by atoms with Crippen LogP contribution in [0.2, 0.25) is 0 Å². The van der Waals surface area contributed by atoms with E-state index in [4.69, 9.17) is 10.2 Å². The summed E-state index contributed by atoms with van der Waals surface area (Å²) in [5, 5.41) is 17.6. The minimum atomic E-state index is 0.371. The zero-order valence-electron chi connectivity index (χ0n) is 21.8. The quantitative estimate of drug-likeness (QED) is 0.143. The van der Waals surface area contributed by atoms with Crippen molar-refractivity contribution in [3.05, 3.63) is 0 Å². The van der Waals surface area contributed by atoms with Gasteiger partial charge in [0.1, 0.15) is 0 Å². The van der Waals surface area contributed by atoms with E-state index in [2.05, 4.69) is 0 Å². The Labute approximate surface area is 202 Å². The Morgan fingerprint density at radius 2 is 0.531 bits per heavy atom. The van der Waals surface area contributed by atoms with E-state index in [1.54, 1.807) is 0 Å². The highest BCUT2D eigenvalue weighted by Gasteiger charge is 2.20. The van der Waals surface area contributed by atoms with Gasteiger partial charge in [0.2, 0.25) is 0 Å². The molecule has 0 amide bonds. The predicted octanol–water partition coefficient (Wildman–Crippen LogP) is 9.36. The maximum absolute atomic E-state index is 8.79. The average molecular weight is 453 g/mol. The van der Waals surface area contributed by atoms with Crippen molar-refractivity contribution in [2.45, 2.75) is 167 Å². The minimum Gasteiger partial charge on any atom is -0.396 e. The first kappa shape index (κ1) is 30.0. The molecule has 2 N–H and O–H groups in total. The normalized spacial score (nSPS) is 18.9. The zero-order chi connectivity index (χ0) is 23.0. The monoisotopic (exact) mass is 452 g/mol. The van der Waals surface area contributed by atoms with Crippen LogP contribution in [0, 0.1) is 11.8 Å². The molecule has 0 aromatic heterocycles. The third-order valence-corrected chi connectivity index (χ3v) is 8.01. The van der Waals surface area contributed by atoms with Gasteiger partial charge in [-0.05, 0) is 24.7 Å². The van der Waals surface area contributed by atoms with Gasteiger partial charge in [-0.25, -0.2) is 0 Å². The Morgan fingerprint density at radius 1 is 0.312 bits per heavy atom. The summed E-state index contributed by atoms with van der Waals surface area (Å²) in [5.74, 6) is 2.10. The van der Waals surface area contributed by atoms with Gasteiger partial charge in [0.25, 0.3) is 0 Å². The summed E-state index contributed by atoms with van der Waals surface area (Å²) < 4.78 is 0. The van der Waals surface area contributed by atoms with Crippen LogP contribution in [0.3, 0.4) is 0 Å². The highest BCUT2D eigenvalue weighted by Crippen LogP contribution is 2.34. The molecular weight excluding hydrogens is 392 g/mol. The van der Waals surface area contributed by atoms with Crippen molar-refractivity contribution in [2.75, 3.05) is 13.2 Å². The lowest BCUT2D eigenvalue weighted by molar-refractivity contribution is 0.244. The van der Waals surface area contributed by atoms with Gasteiger partial charge >= 0.3 is 0 Å². The second-order valence-corrected chi connectivity index (χ2v) is 11.0. The van der Waals surface area contributed by atoms with Crippen LogP contribution in [0.4, 0.5) is 0 Å². The third kappa shape index (κ3) is 19.4. The van der Waals surface area contributed by atoms with Crippen molar-refractivity contribution in [3.8, 4) is 0 Å². The summed E-state index contributed by atoms with van der Waals surface area (Å²) in [7, 11) is 0. The van der Waals surface area contributed by atoms with Crippen LogP contribution < -0.4 is 0 Å². The molecule has 1 saturated carbocycles. The lowest BCUT2D eigenvalue weighted by atomic mass is 9.78. The van der Waals surface area contributed by atoms with Crippen molar-refractivity contribution in [2.24, 2.45) is 11.8 Å². The lowest BCUT2D eigenvalue weighted by Gasteiger charge is -2.28. The second-order valence-electron chi connectivity index (χ2n) is 11.0. The van der Waals surface area contributed by atoms with Crippen molar-refractivity contribution in [1.82, 2.24) is 0 Å². The van der Waals surface area contributed by atoms with Crippen LogP contribution in [-0.4, -0.2) is 23.4 Å². The van der Waals surface area contributed by atoms with Crippen LogP contribution in [0.5, 0.6) is 0 Å². The Morgan fingerprint density at radius 3 is 0.781 bits per heavy atom. The number of hydrogen-bond acceptors (Lipinski definition) is 2. The smallest absolute Gasteiger partial charge is 0.0431 e. The highest BCUT2D eigenvalue weighted by atomic mass is 16.3. The van der Waals surface area contributed by atoms with Gasteiger partial charge in [0.05, 0.1) is 0 Å². The predicted molar refractivity (Wildman–Crippen MR) is 141 cm³/mol. The average Bonchev–Trinajstić information content (AvgIpc) is 2.82. The molecule has 0 bridgehead atoms. The lowest BCUT2D eigenvalue weighted by Crippen LogP contribution is -2.14. The molecule has 0 atom stereocenters. The van der Waals surface area contributed by atoms with Gasteiger partial charge in [-0.1, -0.05) is 154 Å². The van der Waals surface area contributed by atoms with Gasteiger partial charge in [-0.15, -0.1) is 0 Å². The van der Waals surface area contributed by atoms with E-state index in [1.165, 1.54) is 154 Å². The van der Waals surface area contributed by atoms with E-state index < -0.39 is 0 Å². The zero-order valence-corrected chi connectivity index (χ0v) is 21.8. The first-order valence-corrected chi connectivity index (χ1v) is 15.1. The number of aliphatic hydroxyl groups is 2. The molecule has 2 heteroatoms. The molecule has 0 radical (unpaired) electrons. The molecule has 32 heavy (non-hydrogen) atoms. The van der Waals surface area contributed by atoms with E-state index in [9.17, 15) is 0 Å². The van der Waals surface area contributed by atoms with Gasteiger partial charge in [-0.3, -0.25) is 0 Å². The molecule has 0 aliphatic heterocycles. The van der Waals surface area contributed by atoms with Gasteiger partial charge in [-0.2, -0.15) is 0 Å². The molecular formula is C30H60O2. The molecule has 0 saturated heterocycles. The fourth-order valence-corrected chi connectivity index (χ4v) is 5.73. The topological polar surface area (TPSA) is 40.5 Å². The van der Waals surface area contributed by atoms with Crippen LogP contribution >= 0.6 is 0 Å². The Hall–Kier alpha value is -0.0800. The molecule has 192 valence electrons. The second kappa shape index (κ2) is 24.1. The van der Waals surface area contributed by atoms with Gasteiger partial charge < -0.3 is 10.2 Å². The molecule has 1 fully saturated rings. The molecule has 0 aromatic carbocycles. The Bertz CT molecular complexity index is 315. The standard InChI is InChI=1S/C30H60O2/c31-27-19-15-11-7-3-1-5-9-13-17-21-29-23-25-30(26-24-29)22-18-14-10-6-2-4-8-12-16-20-28-32/h29-32H,1-28H2. The van der Waals surface area contributed by atoms with E-state index >= 15 is 0 Å². The van der Waals surface area contributed by atoms with E-state index in [0.29, 0.717) is 13.2 Å². The number of hydrogen-bond donors (Lipinski definition) is 2. The van der Waals surface area contributed by atoms with E-state index in [0.717, 1.165) is 24.7 Å². The molecule has 0 spiro atoms. The van der Waals surface area contributed by atoms with Gasteiger partial charge in [0, 0.05) is 13.2 Å². The first-order chi connectivity index (χ1) is 15.9. The summed E-state index contributed by atoms with van der Waals surface area (Å²) in [6.07, 6.45) is 36.2. The number of unbranched alkanes of at least 4 members (excludes halogenated alkanes) is 18. The molecule has 0 heterocycles. The SMILES string of the molecule is OCCCCCCCCCCCCC1CCC(CCCCCCCCCCCCO)CC1. The van der Waals surface area contributed by atoms with Crippen molar-refractivity contribution in [1.29, 1.82) is 0 Å². The maximum atomic E-state index is 8.79. The van der Waals surface area contributed by atoms with Crippen LogP contribution in [0.1, 0.15) is 167 Å². The number of aliphatic hydroxyl groups excluding tert-OH is 2. The molecule has 0 aromatic rings. The largest absolute Gasteiger partial charge is 0.396 e. The Kier molecular flexibility index (Phi) is 22.5. The molecule has 1 rings (SSSR count). The summed E-state index contributed by atoms with van der Waals surface area (Å²) in [6, 6.07) is 0. The number of rotatable bonds is 24. The van der Waals surface area contributed by atoms with Crippen LogP contribution in [-0.2, 0) is 0 Å². The minimum absolute atomic E-state index is 0.371. The summed E-state index contributed by atoms with van der Waals surface area (Å²) in [4.78, 5) is 0. The molecule has 1 aliphatic rings. The van der Waals surface area contributed by atoms with Crippen molar-refractivity contribution < 1.29 is 10.2 Å². The van der Waals surface area contributed by atoms with Crippen LogP contribution in [0.15, 0.2) is 0 Å². The first-order valence-electron chi connectivity index (χ1n) is 15.1. The summed E-state index contributed by atoms with van der Waals surface area (Å²) >= 11 is 0. The highest BCUT2D eigenvalue weighted by molar-refractivity contribution is 4.73. The van der Waals surface area contributed by atoms with E-state index in [-0.39, 0.29) is 0 Å².